The normalized spacial score (nSPS) is 17.0. The van der Waals surface area contributed by atoms with Gasteiger partial charge in [-0.3, -0.25) is 4.90 Å². The molecule has 1 aliphatic carbocycles. The maximum absolute atomic E-state index is 5.05. The molecule has 0 spiro atoms. The number of thioether (sulfide) groups is 1. The molecule has 1 aromatic heterocycles. The number of allylic oxidation sites excluding steroid dienone is 3. The highest BCUT2D eigenvalue weighted by molar-refractivity contribution is 8.15. The lowest BCUT2D eigenvalue weighted by Crippen LogP contribution is -2.24. The third-order valence-electron chi connectivity index (χ3n) is 5.55. The van der Waals surface area contributed by atoms with E-state index in [9.17, 15) is 0 Å². The van der Waals surface area contributed by atoms with E-state index in [0.29, 0.717) is 5.25 Å². The molecule has 0 saturated heterocycles. The minimum absolute atomic E-state index is 0.375. The molecular formula is C26H24N4S. The average molecular weight is 425 g/mol. The van der Waals surface area contributed by atoms with Gasteiger partial charge in [-0.15, -0.1) is 0 Å². The second-order valence-electron chi connectivity index (χ2n) is 7.69. The summed E-state index contributed by atoms with van der Waals surface area (Å²) >= 11 is 1.81. The summed E-state index contributed by atoms with van der Waals surface area (Å²) in [5.41, 5.74) is 5.54. The Labute approximate surface area is 187 Å². The molecule has 5 rings (SSSR count). The van der Waals surface area contributed by atoms with E-state index in [1.807, 2.05) is 36.0 Å². The molecule has 154 valence electrons. The standard InChI is InChI=1S/C26H24N4S/c1-18-17-24(29-25(19(18)2)27-20-11-5-3-6-12-20)30(21-13-7-4-8-14-21)26-28-22-15-9-10-16-23(22)31-26/h3-15,17,23H,16H2,1-2H3,(H,27,29). The molecule has 4 nitrogen and oxygen atoms in total. The number of nitrogens with zero attached hydrogens (tertiary/aromatic N) is 3. The van der Waals surface area contributed by atoms with Crippen LogP contribution in [0.15, 0.2) is 95.6 Å². The molecule has 1 atom stereocenters. The van der Waals surface area contributed by atoms with Gasteiger partial charge in [0.25, 0.3) is 0 Å². The number of hydrogen-bond donors (Lipinski definition) is 1. The fourth-order valence-electron chi connectivity index (χ4n) is 3.71. The maximum Gasteiger partial charge on any atom is 0.175 e. The van der Waals surface area contributed by atoms with Crippen molar-refractivity contribution < 1.29 is 0 Å². The van der Waals surface area contributed by atoms with Gasteiger partial charge in [0, 0.05) is 11.4 Å². The first-order valence-electron chi connectivity index (χ1n) is 10.5. The van der Waals surface area contributed by atoms with Crippen LogP contribution in [-0.2, 0) is 0 Å². The number of benzene rings is 2. The molecule has 0 saturated carbocycles. The van der Waals surface area contributed by atoms with Crippen molar-refractivity contribution in [1.29, 1.82) is 0 Å². The van der Waals surface area contributed by atoms with Crippen molar-refractivity contribution in [1.82, 2.24) is 4.98 Å². The number of amidine groups is 1. The van der Waals surface area contributed by atoms with E-state index in [-0.39, 0.29) is 0 Å². The second-order valence-corrected chi connectivity index (χ2v) is 8.86. The number of anilines is 4. The Balaban J connectivity index is 1.59. The Morgan fingerprint density at radius 1 is 1.00 bits per heavy atom. The van der Waals surface area contributed by atoms with Crippen molar-refractivity contribution in [3.8, 4) is 0 Å². The highest BCUT2D eigenvalue weighted by Gasteiger charge is 2.31. The molecule has 2 aromatic carbocycles. The summed E-state index contributed by atoms with van der Waals surface area (Å²) in [6.07, 6.45) is 7.44. The summed E-state index contributed by atoms with van der Waals surface area (Å²) in [5.74, 6) is 1.73. The van der Waals surface area contributed by atoms with Crippen molar-refractivity contribution in [2.24, 2.45) is 4.99 Å². The third-order valence-corrected chi connectivity index (χ3v) is 6.75. The molecule has 1 unspecified atom stereocenters. The second kappa shape index (κ2) is 8.44. The molecule has 2 aliphatic rings. The fraction of sp³-hybridized carbons (Fsp3) is 0.154. The lowest BCUT2D eigenvalue weighted by Gasteiger charge is -2.25. The van der Waals surface area contributed by atoms with Crippen LogP contribution in [0.1, 0.15) is 17.5 Å². The molecule has 5 heteroatoms. The molecule has 0 fully saturated rings. The minimum Gasteiger partial charge on any atom is -0.340 e. The number of aliphatic imine (C=N–C) groups is 1. The van der Waals surface area contributed by atoms with Crippen LogP contribution in [0.2, 0.25) is 0 Å². The molecular weight excluding hydrogens is 400 g/mol. The van der Waals surface area contributed by atoms with E-state index in [2.05, 4.69) is 84.8 Å². The van der Waals surface area contributed by atoms with Crippen molar-refractivity contribution in [3.05, 3.63) is 102 Å². The Bertz CT molecular complexity index is 1180. The van der Waals surface area contributed by atoms with Gasteiger partial charge in [-0.05, 0) is 67.8 Å². The van der Waals surface area contributed by atoms with Gasteiger partial charge in [-0.1, -0.05) is 60.3 Å². The van der Waals surface area contributed by atoms with Crippen LogP contribution in [-0.4, -0.2) is 15.4 Å². The van der Waals surface area contributed by atoms with Gasteiger partial charge in [-0.2, -0.15) is 0 Å². The predicted octanol–water partition coefficient (Wildman–Crippen LogP) is 6.90. The average Bonchev–Trinajstić information content (AvgIpc) is 3.22. The van der Waals surface area contributed by atoms with E-state index in [4.69, 9.17) is 9.98 Å². The molecule has 31 heavy (non-hydrogen) atoms. The number of hydrogen-bond acceptors (Lipinski definition) is 5. The Morgan fingerprint density at radius 3 is 2.48 bits per heavy atom. The minimum atomic E-state index is 0.375. The van der Waals surface area contributed by atoms with Gasteiger partial charge in [0.1, 0.15) is 11.6 Å². The number of pyridine rings is 1. The zero-order valence-electron chi connectivity index (χ0n) is 17.6. The topological polar surface area (TPSA) is 40.5 Å². The van der Waals surface area contributed by atoms with Crippen LogP contribution >= 0.6 is 11.8 Å². The summed E-state index contributed by atoms with van der Waals surface area (Å²) in [7, 11) is 0. The van der Waals surface area contributed by atoms with E-state index < -0.39 is 0 Å². The number of para-hydroxylation sites is 2. The Kier molecular flexibility index (Phi) is 5.35. The zero-order chi connectivity index (χ0) is 21.2. The first-order chi connectivity index (χ1) is 15.2. The molecule has 3 aromatic rings. The SMILES string of the molecule is Cc1cc(N(C2=NC3=CC=CCC3S2)c2ccccc2)nc(Nc2ccccc2)c1C. The molecule has 0 amide bonds. The molecule has 1 aliphatic heterocycles. The molecule has 0 bridgehead atoms. The number of rotatable bonds is 4. The van der Waals surface area contributed by atoms with Gasteiger partial charge in [-0.25, -0.2) is 9.98 Å². The Morgan fingerprint density at radius 2 is 1.74 bits per heavy atom. The number of aryl methyl sites for hydroxylation is 1. The lowest BCUT2D eigenvalue weighted by atomic mass is 10.1. The number of fused-ring (bicyclic) bond motifs is 1. The van der Waals surface area contributed by atoms with Crippen LogP contribution in [0.4, 0.5) is 23.0 Å². The molecule has 1 N–H and O–H groups in total. The quantitative estimate of drug-likeness (QED) is 0.495. The van der Waals surface area contributed by atoms with E-state index >= 15 is 0 Å². The van der Waals surface area contributed by atoms with Crippen LogP contribution in [0.3, 0.4) is 0 Å². The Hall–Kier alpha value is -3.31. The van der Waals surface area contributed by atoms with Crippen LogP contribution in [0.25, 0.3) is 0 Å². The van der Waals surface area contributed by atoms with E-state index in [0.717, 1.165) is 45.9 Å². The largest absolute Gasteiger partial charge is 0.340 e. The van der Waals surface area contributed by atoms with Gasteiger partial charge >= 0.3 is 0 Å². The number of nitrogens with one attached hydrogen (secondary N) is 1. The van der Waals surface area contributed by atoms with Crippen LogP contribution in [0.5, 0.6) is 0 Å². The van der Waals surface area contributed by atoms with Crippen LogP contribution < -0.4 is 10.2 Å². The first kappa shape index (κ1) is 19.6. The summed E-state index contributed by atoms with van der Waals surface area (Å²) in [6, 6.07) is 22.7. The fourth-order valence-corrected chi connectivity index (χ4v) is 4.89. The van der Waals surface area contributed by atoms with E-state index in [1.54, 1.807) is 0 Å². The van der Waals surface area contributed by atoms with Crippen molar-refractivity contribution in [2.45, 2.75) is 25.5 Å². The van der Waals surface area contributed by atoms with E-state index in [1.165, 1.54) is 5.56 Å². The third kappa shape index (κ3) is 4.01. The predicted molar refractivity (Wildman–Crippen MR) is 133 cm³/mol. The number of aromatic nitrogens is 1. The van der Waals surface area contributed by atoms with Crippen molar-refractivity contribution in [2.75, 3.05) is 10.2 Å². The van der Waals surface area contributed by atoms with Gasteiger partial charge in [0.05, 0.1) is 10.9 Å². The summed E-state index contributed by atoms with van der Waals surface area (Å²) in [5, 5.41) is 4.83. The summed E-state index contributed by atoms with van der Waals surface area (Å²) in [6.45, 7) is 4.24. The smallest absolute Gasteiger partial charge is 0.175 e. The highest BCUT2D eigenvalue weighted by Crippen LogP contribution is 2.40. The lowest BCUT2D eigenvalue weighted by molar-refractivity contribution is 0.980. The first-order valence-corrected chi connectivity index (χ1v) is 11.3. The monoisotopic (exact) mass is 424 g/mol. The van der Waals surface area contributed by atoms with Crippen molar-refractivity contribution >= 4 is 39.9 Å². The highest BCUT2D eigenvalue weighted by atomic mass is 32.2. The summed E-state index contributed by atoms with van der Waals surface area (Å²) < 4.78 is 0. The maximum atomic E-state index is 5.05. The van der Waals surface area contributed by atoms with Crippen molar-refractivity contribution in [3.63, 3.8) is 0 Å². The molecule has 2 heterocycles. The summed E-state index contributed by atoms with van der Waals surface area (Å²) in [4.78, 5) is 12.2. The van der Waals surface area contributed by atoms with Gasteiger partial charge in [0.15, 0.2) is 5.17 Å². The van der Waals surface area contributed by atoms with Crippen LogP contribution in [0, 0.1) is 13.8 Å². The molecule has 0 radical (unpaired) electrons. The van der Waals surface area contributed by atoms with Gasteiger partial charge < -0.3 is 5.32 Å². The van der Waals surface area contributed by atoms with Gasteiger partial charge in [0.2, 0.25) is 0 Å². The zero-order valence-corrected chi connectivity index (χ0v) is 18.4.